The topological polar surface area (TPSA) is 47.0 Å². The maximum Gasteiger partial charge on any atom is 0.188 e. The maximum absolute atomic E-state index is 5.29. The second-order valence-corrected chi connectivity index (χ2v) is 5.93. The second kappa shape index (κ2) is 6.15. The smallest absolute Gasteiger partial charge is 0.188 e. The van der Waals surface area contributed by atoms with Crippen LogP contribution in [0.5, 0.6) is 5.75 Å². The minimum atomic E-state index is 0.803. The largest absolute Gasteiger partial charge is 0.496 e. The van der Waals surface area contributed by atoms with E-state index >= 15 is 0 Å². The molecule has 0 fully saturated rings. The molecule has 0 unspecified atom stereocenters. The normalized spacial score (nSPS) is 10.5. The highest BCUT2D eigenvalue weighted by atomic mass is 32.1. The molecular formula is C17H17N3OS. The lowest BCUT2D eigenvalue weighted by molar-refractivity contribution is 0.412. The molecule has 0 amide bonds. The van der Waals surface area contributed by atoms with E-state index in [4.69, 9.17) is 4.74 Å². The Morgan fingerprint density at radius 3 is 2.68 bits per heavy atom. The summed E-state index contributed by atoms with van der Waals surface area (Å²) in [6.07, 6.45) is 1.84. The van der Waals surface area contributed by atoms with Crippen molar-refractivity contribution in [1.82, 2.24) is 9.97 Å². The summed E-state index contributed by atoms with van der Waals surface area (Å²) in [6.45, 7) is 4.05. The third kappa shape index (κ3) is 3.09. The van der Waals surface area contributed by atoms with Crippen LogP contribution in [0.4, 0.5) is 10.9 Å². The van der Waals surface area contributed by atoms with Gasteiger partial charge in [-0.2, -0.15) is 0 Å². The lowest BCUT2D eigenvalue weighted by Gasteiger charge is -2.05. The van der Waals surface area contributed by atoms with Gasteiger partial charge in [0, 0.05) is 17.1 Å². The number of hydrogen-bond donors (Lipinski definition) is 1. The molecule has 3 aromatic rings. The summed E-state index contributed by atoms with van der Waals surface area (Å²) in [5.41, 5.74) is 4.27. The van der Waals surface area contributed by atoms with Gasteiger partial charge in [0.2, 0.25) is 0 Å². The van der Waals surface area contributed by atoms with E-state index in [1.807, 2.05) is 49.7 Å². The Morgan fingerprint density at radius 1 is 1.14 bits per heavy atom. The Kier molecular flexibility index (Phi) is 4.06. The number of benzene rings is 1. The Labute approximate surface area is 133 Å². The molecule has 4 nitrogen and oxygen atoms in total. The van der Waals surface area contributed by atoms with Crippen LogP contribution in [0.1, 0.15) is 11.1 Å². The maximum atomic E-state index is 5.29. The fourth-order valence-electron chi connectivity index (χ4n) is 2.15. The third-order valence-electron chi connectivity index (χ3n) is 3.34. The van der Waals surface area contributed by atoms with Crippen molar-refractivity contribution in [2.45, 2.75) is 13.8 Å². The van der Waals surface area contributed by atoms with E-state index in [9.17, 15) is 0 Å². The molecule has 22 heavy (non-hydrogen) atoms. The summed E-state index contributed by atoms with van der Waals surface area (Å²) >= 11 is 1.57. The Morgan fingerprint density at radius 2 is 2.00 bits per heavy atom. The van der Waals surface area contributed by atoms with Gasteiger partial charge in [-0.15, -0.1) is 11.3 Å². The molecular weight excluding hydrogens is 294 g/mol. The van der Waals surface area contributed by atoms with Gasteiger partial charge in [0.15, 0.2) is 5.13 Å². The summed E-state index contributed by atoms with van der Waals surface area (Å²) in [7, 11) is 1.68. The fraction of sp³-hybridized carbons (Fsp3) is 0.176. The summed E-state index contributed by atoms with van der Waals surface area (Å²) in [5, 5.41) is 6.10. The van der Waals surface area contributed by atoms with Gasteiger partial charge in [-0.3, -0.25) is 0 Å². The van der Waals surface area contributed by atoms with Crippen molar-refractivity contribution in [3.8, 4) is 17.0 Å². The van der Waals surface area contributed by atoms with E-state index in [1.54, 1.807) is 18.4 Å². The molecule has 0 radical (unpaired) electrons. The van der Waals surface area contributed by atoms with E-state index in [2.05, 4.69) is 21.4 Å². The molecule has 0 bridgehead atoms. The van der Waals surface area contributed by atoms with Gasteiger partial charge < -0.3 is 10.1 Å². The summed E-state index contributed by atoms with van der Waals surface area (Å²) in [6, 6.07) is 10.1. The molecule has 2 aromatic heterocycles. The highest BCUT2D eigenvalue weighted by Gasteiger charge is 2.07. The molecule has 0 saturated heterocycles. The molecule has 1 N–H and O–H groups in total. The number of anilines is 2. The first-order valence-corrected chi connectivity index (χ1v) is 7.84. The molecule has 2 heterocycles. The molecule has 0 spiro atoms. The van der Waals surface area contributed by atoms with E-state index in [0.717, 1.165) is 39.1 Å². The Bertz CT molecular complexity index is 781. The zero-order valence-electron chi connectivity index (χ0n) is 12.8. The van der Waals surface area contributed by atoms with Gasteiger partial charge in [-0.1, -0.05) is 6.07 Å². The van der Waals surface area contributed by atoms with Gasteiger partial charge >= 0.3 is 0 Å². The number of hydrogen-bond acceptors (Lipinski definition) is 5. The highest BCUT2D eigenvalue weighted by Crippen LogP contribution is 2.29. The zero-order chi connectivity index (χ0) is 15.5. The predicted molar refractivity (Wildman–Crippen MR) is 91.1 cm³/mol. The molecule has 0 aliphatic heterocycles. The van der Waals surface area contributed by atoms with Crippen molar-refractivity contribution >= 4 is 22.3 Å². The number of rotatable bonds is 4. The minimum Gasteiger partial charge on any atom is -0.496 e. The number of pyridine rings is 1. The van der Waals surface area contributed by atoms with Crippen LogP contribution in [-0.2, 0) is 0 Å². The number of aryl methyl sites for hydroxylation is 2. The second-order valence-electron chi connectivity index (χ2n) is 5.07. The van der Waals surface area contributed by atoms with Gasteiger partial charge in [-0.25, -0.2) is 9.97 Å². The lowest BCUT2D eigenvalue weighted by atomic mass is 10.1. The first-order chi connectivity index (χ1) is 10.7. The van der Waals surface area contributed by atoms with Crippen molar-refractivity contribution in [2.24, 2.45) is 0 Å². The SMILES string of the molecule is COc1ccc(-c2csc(Nc3ccc(C)cn3)n2)cc1C. The van der Waals surface area contributed by atoms with Crippen molar-refractivity contribution < 1.29 is 4.74 Å². The first-order valence-electron chi connectivity index (χ1n) is 6.96. The molecule has 112 valence electrons. The van der Waals surface area contributed by atoms with Crippen LogP contribution in [0.25, 0.3) is 11.3 Å². The Balaban J connectivity index is 1.81. The fourth-order valence-corrected chi connectivity index (χ4v) is 2.88. The number of methoxy groups -OCH3 is 1. The van der Waals surface area contributed by atoms with E-state index in [-0.39, 0.29) is 0 Å². The van der Waals surface area contributed by atoms with Crippen LogP contribution in [-0.4, -0.2) is 17.1 Å². The first kappa shape index (κ1) is 14.5. The monoisotopic (exact) mass is 311 g/mol. The van der Waals surface area contributed by atoms with Gasteiger partial charge in [0.05, 0.1) is 12.8 Å². The van der Waals surface area contributed by atoms with E-state index in [1.165, 1.54) is 0 Å². The van der Waals surface area contributed by atoms with E-state index in [0.29, 0.717) is 0 Å². The van der Waals surface area contributed by atoms with Gasteiger partial charge in [0.25, 0.3) is 0 Å². The number of nitrogens with one attached hydrogen (secondary N) is 1. The zero-order valence-corrected chi connectivity index (χ0v) is 13.6. The Hall–Kier alpha value is -2.40. The molecule has 5 heteroatoms. The molecule has 1 aromatic carbocycles. The lowest BCUT2D eigenvalue weighted by Crippen LogP contribution is -1.93. The van der Waals surface area contributed by atoms with Crippen molar-refractivity contribution in [2.75, 3.05) is 12.4 Å². The number of ether oxygens (including phenoxy) is 1. The van der Waals surface area contributed by atoms with Crippen LogP contribution in [0.3, 0.4) is 0 Å². The molecule has 0 atom stereocenters. The van der Waals surface area contributed by atoms with Crippen molar-refractivity contribution in [3.05, 3.63) is 53.0 Å². The summed E-state index contributed by atoms with van der Waals surface area (Å²) < 4.78 is 5.29. The van der Waals surface area contributed by atoms with E-state index < -0.39 is 0 Å². The van der Waals surface area contributed by atoms with Crippen LogP contribution in [0.15, 0.2) is 41.9 Å². The standard InChI is InChI=1S/C17H17N3OS/c1-11-4-7-16(18-9-11)20-17-19-14(10-22-17)13-5-6-15(21-3)12(2)8-13/h4-10H,1-3H3,(H,18,19,20). The molecule has 0 saturated carbocycles. The number of aromatic nitrogens is 2. The van der Waals surface area contributed by atoms with Crippen LogP contribution < -0.4 is 10.1 Å². The average molecular weight is 311 g/mol. The molecule has 0 aliphatic carbocycles. The van der Waals surface area contributed by atoms with Crippen molar-refractivity contribution in [3.63, 3.8) is 0 Å². The van der Waals surface area contributed by atoms with Crippen LogP contribution in [0, 0.1) is 13.8 Å². The van der Waals surface area contributed by atoms with Gasteiger partial charge in [0.1, 0.15) is 11.6 Å². The molecule has 3 rings (SSSR count). The third-order valence-corrected chi connectivity index (χ3v) is 4.10. The summed E-state index contributed by atoms with van der Waals surface area (Å²) in [4.78, 5) is 8.95. The average Bonchev–Trinajstić information content (AvgIpc) is 2.98. The van der Waals surface area contributed by atoms with Crippen molar-refractivity contribution in [1.29, 1.82) is 0 Å². The van der Waals surface area contributed by atoms with Gasteiger partial charge in [-0.05, 0) is 49.2 Å². The van der Waals surface area contributed by atoms with Crippen LogP contribution in [0.2, 0.25) is 0 Å². The number of nitrogens with zero attached hydrogens (tertiary/aromatic N) is 2. The quantitative estimate of drug-likeness (QED) is 0.766. The minimum absolute atomic E-state index is 0.803. The highest BCUT2D eigenvalue weighted by molar-refractivity contribution is 7.14. The number of thiazole rings is 1. The predicted octanol–water partition coefficient (Wildman–Crippen LogP) is 4.57. The molecule has 0 aliphatic rings. The summed E-state index contributed by atoms with van der Waals surface area (Å²) in [5.74, 6) is 1.69. The van der Waals surface area contributed by atoms with Crippen LogP contribution >= 0.6 is 11.3 Å².